The summed E-state index contributed by atoms with van der Waals surface area (Å²) in [5.74, 6) is -0.0200. The highest BCUT2D eigenvalue weighted by atomic mass is 35.5. The van der Waals surface area contributed by atoms with E-state index in [2.05, 4.69) is 0 Å². The lowest BCUT2D eigenvalue weighted by atomic mass is 10.1. The molecule has 92 valence electrons. The molecule has 0 aliphatic rings. The van der Waals surface area contributed by atoms with Crippen LogP contribution in [0.25, 0.3) is 11.1 Å². The van der Waals surface area contributed by atoms with Crippen LogP contribution in [0.1, 0.15) is 0 Å². The van der Waals surface area contributed by atoms with Crippen molar-refractivity contribution in [1.29, 1.82) is 0 Å². The predicted molar refractivity (Wildman–Crippen MR) is 70.2 cm³/mol. The first-order valence-corrected chi connectivity index (χ1v) is 5.67. The Bertz CT molecular complexity index is 629. The molecule has 0 unspecified atom stereocenters. The fraction of sp³-hybridized carbons (Fsp3) is 0. The van der Waals surface area contributed by atoms with Crippen LogP contribution >= 0.6 is 23.2 Å². The van der Waals surface area contributed by atoms with Gasteiger partial charge in [-0.05, 0) is 35.4 Å². The third kappa shape index (κ3) is 2.39. The molecule has 0 heterocycles. The fourth-order valence-electron chi connectivity index (χ4n) is 1.52. The summed E-state index contributed by atoms with van der Waals surface area (Å²) in [4.78, 5) is 10.1. The average molecular weight is 284 g/mol. The van der Waals surface area contributed by atoms with Gasteiger partial charge in [-0.25, -0.2) is 0 Å². The first-order valence-electron chi connectivity index (χ1n) is 4.92. The molecule has 18 heavy (non-hydrogen) atoms. The Kier molecular flexibility index (Phi) is 3.41. The van der Waals surface area contributed by atoms with Gasteiger partial charge in [0.15, 0.2) is 0 Å². The van der Waals surface area contributed by atoms with E-state index in [4.69, 9.17) is 23.2 Å². The predicted octanol–water partition coefficient (Wildman–Crippen LogP) is 4.27. The smallest absolute Gasteiger partial charge is 0.287 e. The van der Waals surface area contributed by atoms with Crippen LogP contribution in [-0.2, 0) is 0 Å². The maximum Gasteiger partial charge on any atom is 0.287 e. The van der Waals surface area contributed by atoms with Crippen molar-refractivity contribution in [3.05, 3.63) is 56.6 Å². The summed E-state index contributed by atoms with van der Waals surface area (Å²) in [6.45, 7) is 0. The molecule has 0 radical (unpaired) electrons. The zero-order valence-corrected chi connectivity index (χ0v) is 10.4. The molecular weight excluding hydrogens is 277 g/mol. The second-order valence-electron chi connectivity index (χ2n) is 3.59. The Balaban J connectivity index is 2.48. The number of halogens is 2. The average Bonchev–Trinajstić information content (AvgIpc) is 2.32. The third-order valence-electron chi connectivity index (χ3n) is 2.43. The molecule has 0 fully saturated rings. The molecule has 2 aromatic rings. The molecule has 0 spiro atoms. The maximum absolute atomic E-state index is 10.6. The summed E-state index contributed by atoms with van der Waals surface area (Å²) in [5, 5.41) is 20.2. The molecule has 0 aliphatic carbocycles. The Morgan fingerprint density at radius 2 is 1.56 bits per heavy atom. The van der Waals surface area contributed by atoms with Gasteiger partial charge in [0.2, 0.25) is 0 Å². The van der Waals surface area contributed by atoms with Gasteiger partial charge in [0, 0.05) is 6.07 Å². The second kappa shape index (κ2) is 4.84. The zero-order valence-electron chi connectivity index (χ0n) is 8.93. The van der Waals surface area contributed by atoms with Gasteiger partial charge in [0.25, 0.3) is 5.69 Å². The quantitative estimate of drug-likeness (QED) is 0.661. The summed E-state index contributed by atoms with van der Waals surface area (Å²) in [7, 11) is 0. The molecule has 1 N–H and O–H groups in total. The van der Waals surface area contributed by atoms with Crippen LogP contribution in [0.4, 0.5) is 5.69 Å². The highest BCUT2D eigenvalue weighted by molar-refractivity contribution is 6.33. The van der Waals surface area contributed by atoms with Gasteiger partial charge in [-0.2, -0.15) is 0 Å². The van der Waals surface area contributed by atoms with Gasteiger partial charge >= 0.3 is 0 Å². The van der Waals surface area contributed by atoms with Gasteiger partial charge in [-0.3, -0.25) is 10.1 Å². The minimum atomic E-state index is -0.546. The zero-order chi connectivity index (χ0) is 13.3. The molecule has 6 heteroatoms. The Hall–Kier alpha value is -1.78. The van der Waals surface area contributed by atoms with Crippen LogP contribution in [0.15, 0.2) is 36.4 Å². The third-order valence-corrected chi connectivity index (χ3v) is 3.03. The lowest BCUT2D eigenvalue weighted by Crippen LogP contribution is -1.89. The first-order chi connectivity index (χ1) is 8.49. The summed E-state index contributed by atoms with van der Waals surface area (Å²) in [6, 6.07) is 9.06. The van der Waals surface area contributed by atoms with E-state index in [-0.39, 0.29) is 21.5 Å². The molecule has 0 saturated heterocycles. The van der Waals surface area contributed by atoms with Crippen LogP contribution in [-0.4, -0.2) is 10.0 Å². The van der Waals surface area contributed by atoms with Crippen molar-refractivity contribution in [3.63, 3.8) is 0 Å². The molecule has 0 aromatic heterocycles. The lowest BCUT2D eigenvalue weighted by molar-refractivity contribution is -0.384. The van der Waals surface area contributed by atoms with E-state index in [0.717, 1.165) is 5.56 Å². The number of nitrogens with zero attached hydrogens (tertiary/aromatic N) is 1. The number of aromatic hydroxyl groups is 1. The van der Waals surface area contributed by atoms with E-state index in [1.807, 2.05) is 0 Å². The van der Waals surface area contributed by atoms with E-state index >= 15 is 0 Å². The molecular formula is C12H7Cl2NO3. The van der Waals surface area contributed by atoms with Crippen LogP contribution in [0.2, 0.25) is 10.0 Å². The Labute approximate surface area is 113 Å². The van der Waals surface area contributed by atoms with E-state index < -0.39 is 4.92 Å². The van der Waals surface area contributed by atoms with Gasteiger partial charge in [-0.1, -0.05) is 29.3 Å². The van der Waals surface area contributed by atoms with Gasteiger partial charge in [0.05, 0.1) is 9.95 Å². The van der Waals surface area contributed by atoms with Gasteiger partial charge < -0.3 is 5.11 Å². The van der Waals surface area contributed by atoms with Gasteiger partial charge in [-0.15, -0.1) is 0 Å². The second-order valence-corrected chi connectivity index (χ2v) is 4.40. The normalized spacial score (nSPS) is 10.3. The standard InChI is InChI=1S/C12H7Cl2NO3/c13-9-5-7(1-3-11(9)15(17)18)8-2-4-12(16)10(14)6-8/h1-6,16H. The van der Waals surface area contributed by atoms with Crippen molar-refractivity contribution in [1.82, 2.24) is 0 Å². The highest BCUT2D eigenvalue weighted by Gasteiger charge is 2.13. The number of hydrogen-bond donors (Lipinski definition) is 1. The fourth-order valence-corrected chi connectivity index (χ4v) is 1.95. The minimum Gasteiger partial charge on any atom is -0.506 e. The van der Waals surface area contributed by atoms with Crippen molar-refractivity contribution in [2.75, 3.05) is 0 Å². The van der Waals surface area contributed by atoms with Crippen LogP contribution < -0.4 is 0 Å². The number of phenolic OH excluding ortho intramolecular Hbond substituents is 1. The molecule has 0 bridgehead atoms. The van der Waals surface area contributed by atoms with Crippen molar-refractivity contribution in [3.8, 4) is 16.9 Å². The summed E-state index contributed by atoms with van der Waals surface area (Å²) in [6.07, 6.45) is 0. The summed E-state index contributed by atoms with van der Waals surface area (Å²) in [5.41, 5.74) is 1.26. The topological polar surface area (TPSA) is 63.4 Å². The molecule has 0 amide bonds. The van der Waals surface area contributed by atoms with Gasteiger partial charge in [0.1, 0.15) is 10.8 Å². The number of nitro benzene ring substituents is 1. The number of hydrogen-bond acceptors (Lipinski definition) is 3. The summed E-state index contributed by atoms with van der Waals surface area (Å²) < 4.78 is 0. The maximum atomic E-state index is 10.6. The molecule has 0 aliphatic heterocycles. The van der Waals surface area contributed by atoms with Crippen LogP contribution in [0, 0.1) is 10.1 Å². The van der Waals surface area contributed by atoms with Crippen LogP contribution in [0.5, 0.6) is 5.75 Å². The minimum absolute atomic E-state index is 0.0200. The number of rotatable bonds is 2. The van der Waals surface area contributed by atoms with E-state index in [0.29, 0.717) is 5.56 Å². The number of benzene rings is 2. The largest absolute Gasteiger partial charge is 0.506 e. The Morgan fingerprint density at radius 1 is 1.00 bits per heavy atom. The lowest BCUT2D eigenvalue weighted by Gasteiger charge is -2.04. The molecule has 2 rings (SSSR count). The van der Waals surface area contributed by atoms with E-state index in [9.17, 15) is 15.2 Å². The number of nitro groups is 1. The highest BCUT2D eigenvalue weighted by Crippen LogP contribution is 2.33. The van der Waals surface area contributed by atoms with E-state index in [1.54, 1.807) is 18.2 Å². The van der Waals surface area contributed by atoms with Crippen molar-refractivity contribution < 1.29 is 10.0 Å². The van der Waals surface area contributed by atoms with Crippen molar-refractivity contribution >= 4 is 28.9 Å². The summed E-state index contributed by atoms with van der Waals surface area (Å²) >= 11 is 11.6. The van der Waals surface area contributed by atoms with Crippen LogP contribution in [0.3, 0.4) is 0 Å². The monoisotopic (exact) mass is 283 g/mol. The number of phenols is 1. The Morgan fingerprint density at radius 3 is 2.06 bits per heavy atom. The molecule has 2 aromatic carbocycles. The first kappa shape index (κ1) is 12.7. The van der Waals surface area contributed by atoms with Crippen molar-refractivity contribution in [2.24, 2.45) is 0 Å². The van der Waals surface area contributed by atoms with Crippen molar-refractivity contribution in [2.45, 2.75) is 0 Å². The molecule has 0 atom stereocenters. The molecule has 0 saturated carbocycles. The van der Waals surface area contributed by atoms with E-state index in [1.165, 1.54) is 18.2 Å². The SMILES string of the molecule is O=[N+]([O-])c1ccc(-c2ccc(O)c(Cl)c2)cc1Cl. The molecule has 4 nitrogen and oxygen atoms in total.